The van der Waals surface area contributed by atoms with Crippen molar-refractivity contribution in [1.82, 2.24) is 5.32 Å². The highest BCUT2D eigenvalue weighted by Crippen LogP contribution is 2.44. The summed E-state index contributed by atoms with van der Waals surface area (Å²) in [5.41, 5.74) is -0.256. The van der Waals surface area contributed by atoms with Gasteiger partial charge in [0.15, 0.2) is 0 Å². The summed E-state index contributed by atoms with van der Waals surface area (Å²) in [5, 5.41) is 3.28. The van der Waals surface area contributed by atoms with E-state index >= 15 is 0 Å². The van der Waals surface area contributed by atoms with E-state index in [1.807, 2.05) is 51.1 Å². The average molecular weight is 546 g/mol. The fraction of sp³-hybridized carbons (Fsp3) is 0.710. The van der Waals surface area contributed by atoms with Crippen molar-refractivity contribution < 1.29 is 33.3 Å². The predicted octanol–water partition coefficient (Wildman–Crippen LogP) is 4.98. The Bertz CT molecular complexity index is 913. The lowest BCUT2D eigenvalue weighted by molar-refractivity contribution is -0.164. The summed E-state index contributed by atoms with van der Waals surface area (Å²) in [6.07, 6.45) is 6.68. The number of esters is 2. The minimum atomic E-state index is -0.617. The van der Waals surface area contributed by atoms with Crippen LogP contribution in [0.4, 0.5) is 0 Å². The molecular weight excluding hydrogens is 498 g/mol. The lowest BCUT2D eigenvalue weighted by Gasteiger charge is -2.35. The van der Waals surface area contributed by atoms with Crippen molar-refractivity contribution in [3.05, 3.63) is 35.9 Å². The van der Waals surface area contributed by atoms with Gasteiger partial charge in [-0.25, -0.2) is 0 Å². The third-order valence-corrected chi connectivity index (χ3v) is 7.79. The van der Waals surface area contributed by atoms with E-state index in [4.69, 9.17) is 18.9 Å². The van der Waals surface area contributed by atoms with Gasteiger partial charge < -0.3 is 24.3 Å². The number of hydrogen-bond acceptors (Lipinski definition) is 7. The fourth-order valence-electron chi connectivity index (χ4n) is 5.67. The Labute approximate surface area is 233 Å². The summed E-state index contributed by atoms with van der Waals surface area (Å²) >= 11 is 0. The van der Waals surface area contributed by atoms with E-state index in [0.717, 1.165) is 44.1 Å². The van der Waals surface area contributed by atoms with Crippen LogP contribution in [-0.4, -0.2) is 56.4 Å². The van der Waals surface area contributed by atoms with Gasteiger partial charge in [0, 0.05) is 13.2 Å². The van der Waals surface area contributed by atoms with Crippen LogP contribution in [-0.2, 0) is 39.9 Å². The van der Waals surface area contributed by atoms with E-state index in [1.165, 1.54) is 0 Å². The molecule has 2 saturated carbocycles. The second kappa shape index (κ2) is 14.8. The van der Waals surface area contributed by atoms with Crippen molar-refractivity contribution in [2.45, 2.75) is 96.8 Å². The Morgan fingerprint density at radius 2 is 1.67 bits per heavy atom. The number of hydrogen-bond donors (Lipinski definition) is 1. The van der Waals surface area contributed by atoms with Crippen molar-refractivity contribution in [2.24, 2.45) is 17.3 Å². The van der Waals surface area contributed by atoms with Gasteiger partial charge in [0.1, 0.15) is 12.2 Å². The van der Waals surface area contributed by atoms with Crippen LogP contribution in [0, 0.1) is 17.3 Å². The van der Waals surface area contributed by atoms with Gasteiger partial charge in [0.2, 0.25) is 5.91 Å². The van der Waals surface area contributed by atoms with Gasteiger partial charge in [-0.1, -0.05) is 43.2 Å². The monoisotopic (exact) mass is 545 g/mol. The molecule has 8 nitrogen and oxygen atoms in total. The van der Waals surface area contributed by atoms with Crippen molar-refractivity contribution in [2.75, 3.05) is 26.9 Å². The maximum Gasteiger partial charge on any atom is 0.311 e. The molecule has 1 atom stereocenters. The van der Waals surface area contributed by atoms with Crippen molar-refractivity contribution in [3.63, 3.8) is 0 Å². The molecule has 218 valence electrons. The van der Waals surface area contributed by atoms with Crippen LogP contribution < -0.4 is 5.32 Å². The first-order valence-electron chi connectivity index (χ1n) is 14.4. The van der Waals surface area contributed by atoms with Gasteiger partial charge in [-0.2, -0.15) is 0 Å². The highest BCUT2D eigenvalue weighted by Gasteiger charge is 2.45. The molecule has 8 heteroatoms. The minimum Gasteiger partial charge on any atom is -0.461 e. The number of rotatable bonds is 13. The molecule has 2 fully saturated rings. The molecular formula is C31H47NO7. The predicted molar refractivity (Wildman–Crippen MR) is 148 cm³/mol. The molecule has 0 radical (unpaired) electrons. The zero-order valence-electron chi connectivity index (χ0n) is 24.2. The minimum absolute atomic E-state index is 0.0144. The van der Waals surface area contributed by atoms with Crippen LogP contribution in [0.1, 0.15) is 84.1 Å². The second-order valence-corrected chi connectivity index (χ2v) is 12.1. The normalized spacial score (nSPS) is 21.6. The first-order chi connectivity index (χ1) is 18.6. The molecule has 0 aromatic heterocycles. The maximum atomic E-state index is 13.7. The van der Waals surface area contributed by atoms with E-state index < -0.39 is 16.9 Å². The molecule has 0 spiro atoms. The molecule has 0 heterocycles. The molecule has 0 bridgehead atoms. The quantitative estimate of drug-likeness (QED) is 0.276. The number of nitrogens with one attached hydrogen (secondary N) is 1. The standard InChI is InChI=1S/C31H47NO7/c1-30(2,3)39-28(34)25(22-37-19-18-36-4)20-31(16-8-9-17-31)29(35)32-26-14-12-24(13-15-26)27(33)38-21-23-10-6-5-7-11-23/h5-7,10-11,24-26H,8-9,12-22H2,1-4H3,(H,32,35)/t24?,25-,26?/m0/s1. The molecule has 0 unspecified atom stereocenters. The van der Waals surface area contributed by atoms with Crippen LogP contribution in [0.3, 0.4) is 0 Å². The van der Waals surface area contributed by atoms with Crippen LogP contribution in [0.25, 0.3) is 0 Å². The van der Waals surface area contributed by atoms with Gasteiger partial charge in [-0.05, 0) is 71.3 Å². The second-order valence-electron chi connectivity index (χ2n) is 12.1. The topological polar surface area (TPSA) is 100 Å². The molecule has 1 aromatic carbocycles. The summed E-state index contributed by atoms with van der Waals surface area (Å²) in [4.78, 5) is 39.4. The highest BCUT2D eigenvalue weighted by atomic mass is 16.6. The lowest BCUT2D eigenvalue weighted by atomic mass is 9.76. The Kier molecular flexibility index (Phi) is 11.8. The SMILES string of the molecule is COCCOC[C@H](CC1(C(=O)NC2CCC(C(=O)OCc3ccccc3)CC2)CCCC1)C(=O)OC(C)(C)C. The molecule has 2 aliphatic rings. The Morgan fingerprint density at radius 3 is 2.28 bits per heavy atom. The molecule has 1 aromatic rings. The molecule has 3 rings (SSSR count). The van der Waals surface area contributed by atoms with E-state index in [-0.39, 0.29) is 43.0 Å². The Hall–Kier alpha value is -2.45. The van der Waals surface area contributed by atoms with E-state index in [1.54, 1.807) is 7.11 Å². The van der Waals surface area contributed by atoms with Crippen LogP contribution in [0.2, 0.25) is 0 Å². The molecule has 1 N–H and O–H groups in total. The highest BCUT2D eigenvalue weighted by molar-refractivity contribution is 5.84. The van der Waals surface area contributed by atoms with Gasteiger partial charge in [0.25, 0.3) is 0 Å². The van der Waals surface area contributed by atoms with Crippen LogP contribution in [0.5, 0.6) is 0 Å². The molecule has 2 aliphatic carbocycles. The average Bonchev–Trinajstić information content (AvgIpc) is 3.39. The van der Waals surface area contributed by atoms with Gasteiger partial charge in [-0.3, -0.25) is 14.4 Å². The Balaban J connectivity index is 1.55. The van der Waals surface area contributed by atoms with Gasteiger partial charge >= 0.3 is 11.9 Å². The molecule has 39 heavy (non-hydrogen) atoms. The fourth-order valence-corrected chi connectivity index (χ4v) is 5.67. The lowest BCUT2D eigenvalue weighted by Crippen LogP contribution is -2.48. The van der Waals surface area contributed by atoms with Gasteiger partial charge in [0.05, 0.1) is 37.1 Å². The van der Waals surface area contributed by atoms with Gasteiger partial charge in [-0.15, -0.1) is 0 Å². The molecule has 0 aliphatic heterocycles. The van der Waals surface area contributed by atoms with Crippen molar-refractivity contribution >= 4 is 17.8 Å². The van der Waals surface area contributed by atoms with E-state index in [0.29, 0.717) is 32.5 Å². The first kappa shape index (κ1) is 31.1. The number of amides is 1. The summed E-state index contributed by atoms with van der Waals surface area (Å²) in [6, 6.07) is 9.70. The van der Waals surface area contributed by atoms with Crippen molar-refractivity contribution in [3.8, 4) is 0 Å². The summed E-state index contributed by atoms with van der Waals surface area (Å²) in [5.74, 6) is -1.14. The summed E-state index contributed by atoms with van der Waals surface area (Å²) in [7, 11) is 1.60. The van der Waals surface area contributed by atoms with E-state index in [2.05, 4.69) is 5.32 Å². The van der Waals surface area contributed by atoms with E-state index in [9.17, 15) is 14.4 Å². The number of carbonyl (C=O) groups excluding carboxylic acids is 3. The van der Waals surface area contributed by atoms with Crippen molar-refractivity contribution in [1.29, 1.82) is 0 Å². The number of ether oxygens (including phenoxy) is 4. The molecule has 0 saturated heterocycles. The number of methoxy groups -OCH3 is 1. The molecule has 1 amide bonds. The maximum absolute atomic E-state index is 13.7. The summed E-state index contributed by atoms with van der Waals surface area (Å²) < 4.78 is 22.0. The smallest absolute Gasteiger partial charge is 0.311 e. The van der Waals surface area contributed by atoms with Crippen LogP contribution in [0.15, 0.2) is 30.3 Å². The number of carbonyl (C=O) groups is 3. The zero-order valence-corrected chi connectivity index (χ0v) is 24.2. The zero-order chi connectivity index (χ0) is 28.3. The van der Waals surface area contributed by atoms with Crippen LogP contribution >= 0.6 is 0 Å². The number of benzene rings is 1. The Morgan fingerprint density at radius 1 is 1.00 bits per heavy atom. The third-order valence-electron chi connectivity index (χ3n) is 7.79. The first-order valence-corrected chi connectivity index (χ1v) is 14.4. The largest absolute Gasteiger partial charge is 0.461 e. The third kappa shape index (κ3) is 9.91. The summed E-state index contributed by atoms with van der Waals surface area (Å²) in [6.45, 7) is 6.84.